The second-order valence-corrected chi connectivity index (χ2v) is 6.36. The van der Waals surface area contributed by atoms with Gasteiger partial charge in [-0.1, -0.05) is 43.0 Å². The molecule has 0 amide bonds. The number of halogens is 2. The third-order valence-electron chi connectivity index (χ3n) is 3.79. The molecule has 100 valence electrons. The minimum atomic E-state index is 0.130. The Labute approximate surface area is 118 Å². The highest BCUT2D eigenvalue weighted by atomic mass is 35.5. The van der Waals surface area contributed by atoms with Crippen molar-refractivity contribution < 1.29 is 5.11 Å². The SMILES string of the molecule is CC1(CNCc2cc(Cl)cc(Cl)c2O)CCCC1. The number of phenolic OH excluding ortho intramolecular Hbond substituents is 1. The lowest BCUT2D eigenvalue weighted by atomic mass is 9.89. The molecule has 2 rings (SSSR count). The Balaban J connectivity index is 1.94. The van der Waals surface area contributed by atoms with Gasteiger partial charge in [-0.05, 0) is 30.4 Å². The summed E-state index contributed by atoms with van der Waals surface area (Å²) in [7, 11) is 0. The van der Waals surface area contributed by atoms with Crippen molar-refractivity contribution in [3.8, 4) is 5.75 Å². The minimum absolute atomic E-state index is 0.130. The minimum Gasteiger partial charge on any atom is -0.506 e. The first-order valence-electron chi connectivity index (χ1n) is 6.38. The number of aromatic hydroxyl groups is 1. The van der Waals surface area contributed by atoms with Crippen molar-refractivity contribution in [3.63, 3.8) is 0 Å². The van der Waals surface area contributed by atoms with Gasteiger partial charge in [0.25, 0.3) is 0 Å². The van der Waals surface area contributed by atoms with Crippen LogP contribution < -0.4 is 5.32 Å². The van der Waals surface area contributed by atoms with Crippen molar-refractivity contribution in [2.24, 2.45) is 5.41 Å². The Kier molecular flexibility index (Phi) is 4.41. The van der Waals surface area contributed by atoms with Crippen LogP contribution in [0.25, 0.3) is 0 Å². The Morgan fingerprint density at radius 2 is 1.94 bits per heavy atom. The van der Waals surface area contributed by atoms with E-state index < -0.39 is 0 Å². The van der Waals surface area contributed by atoms with E-state index in [0.717, 1.165) is 12.1 Å². The maximum Gasteiger partial charge on any atom is 0.138 e. The van der Waals surface area contributed by atoms with Crippen molar-refractivity contribution in [3.05, 3.63) is 27.7 Å². The molecule has 2 nitrogen and oxygen atoms in total. The number of hydrogen-bond acceptors (Lipinski definition) is 2. The molecule has 1 fully saturated rings. The Morgan fingerprint density at radius 3 is 2.61 bits per heavy atom. The predicted octanol–water partition coefficient (Wildman–Crippen LogP) is 4.37. The molecule has 18 heavy (non-hydrogen) atoms. The van der Waals surface area contributed by atoms with Crippen molar-refractivity contribution in [1.82, 2.24) is 5.32 Å². The van der Waals surface area contributed by atoms with Crippen LogP contribution >= 0.6 is 23.2 Å². The molecule has 1 saturated carbocycles. The molecule has 0 unspecified atom stereocenters. The molecule has 1 aromatic rings. The van der Waals surface area contributed by atoms with Gasteiger partial charge < -0.3 is 10.4 Å². The van der Waals surface area contributed by atoms with E-state index in [2.05, 4.69) is 12.2 Å². The van der Waals surface area contributed by atoms with E-state index in [1.165, 1.54) is 25.7 Å². The molecule has 1 aliphatic carbocycles. The van der Waals surface area contributed by atoms with E-state index in [1.807, 2.05) is 0 Å². The third-order valence-corrected chi connectivity index (χ3v) is 4.29. The van der Waals surface area contributed by atoms with Crippen LogP contribution in [-0.4, -0.2) is 11.7 Å². The quantitative estimate of drug-likeness (QED) is 0.862. The van der Waals surface area contributed by atoms with Crippen LogP contribution in [0.3, 0.4) is 0 Å². The topological polar surface area (TPSA) is 32.3 Å². The number of rotatable bonds is 4. The van der Waals surface area contributed by atoms with Crippen LogP contribution in [-0.2, 0) is 6.54 Å². The molecule has 0 atom stereocenters. The molecule has 0 radical (unpaired) electrons. The summed E-state index contributed by atoms with van der Waals surface area (Å²) in [5.74, 6) is 0.130. The summed E-state index contributed by atoms with van der Waals surface area (Å²) in [4.78, 5) is 0. The molecule has 0 heterocycles. The largest absolute Gasteiger partial charge is 0.506 e. The van der Waals surface area contributed by atoms with Gasteiger partial charge in [0, 0.05) is 23.7 Å². The summed E-state index contributed by atoms with van der Waals surface area (Å²) >= 11 is 11.8. The van der Waals surface area contributed by atoms with Gasteiger partial charge in [-0.3, -0.25) is 0 Å². The van der Waals surface area contributed by atoms with Crippen molar-refractivity contribution in [2.45, 2.75) is 39.2 Å². The Morgan fingerprint density at radius 1 is 1.28 bits per heavy atom. The zero-order valence-electron chi connectivity index (χ0n) is 10.6. The molecule has 1 aliphatic rings. The van der Waals surface area contributed by atoms with Crippen LogP contribution in [0.5, 0.6) is 5.75 Å². The lowest BCUT2D eigenvalue weighted by Crippen LogP contribution is -2.29. The average Bonchev–Trinajstić information content (AvgIpc) is 2.72. The van der Waals surface area contributed by atoms with Gasteiger partial charge >= 0.3 is 0 Å². The van der Waals surface area contributed by atoms with Crippen LogP contribution in [0.2, 0.25) is 10.0 Å². The Hall–Kier alpha value is -0.440. The number of nitrogens with one attached hydrogen (secondary N) is 1. The zero-order chi connectivity index (χ0) is 13.2. The first-order valence-corrected chi connectivity index (χ1v) is 7.13. The van der Waals surface area contributed by atoms with E-state index >= 15 is 0 Å². The number of benzene rings is 1. The average molecular weight is 288 g/mol. The first kappa shape index (κ1) is 14.0. The summed E-state index contributed by atoms with van der Waals surface area (Å²) in [5, 5.41) is 14.1. The lowest BCUT2D eigenvalue weighted by molar-refractivity contribution is 0.313. The van der Waals surface area contributed by atoms with E-state index in [4.69, 9.17) is 23.2 Å². The van der Waals surface area contributed by atoms with E-state index in [-0.39, 0.29) is 5.75 Å². The third kappa shape index (κ3) is 3.31. The normalized spacial score (nSPS) is 18.2. The van der Waals surface area contributed by atoms with Gasteiger partial charge in [0.15, 0.2) is 0 Å². The molecular formula is C14H19Cl2NO. The fraction of sp³-hybridized carbons (Fsp3) is 0.571. The predicted molar refractivity (Wildman–Crippen MR) is 76.4 cm³/mol. The standard InChI is InChI=1S/C14H19Cl2NO/c1-14(4-2-3-5-14)9-17-8-10-6-11(15)7-12(16)13(10)18/h6-7,17-18H,2-5,8-9H2,1H3. The second kappa shape index (κ2) is 5.68. The van der Waals surface area contributed by atoms with E-state index in [1.54, 1.807) is 12.1 Å². The van der Waals surface area contributed by atoms with Crippen LogP contribution in [0.1, 0.15) is 38.2 Å². The van der Waals surface area contributed by atoms with Gasteiger partial charge in [0.2, 0.25) is 0 Å². The number of hydrogen-bond donors (Lipinski definition) is 2. The molecular weight excluding hydrogens is 269 g/mol. The molecule has 0 aromatic heterocycles. The van der Waals surface area contributed by atoms with Crippen molar-refractivity contribution in [1.29, 1.82) is 0 Å². The van der Waals surface area contributed by atoms with Gasteiger partial charge in [-0.15, -0.1) is 0 Å². The molecule has 0 bridgehead atoms. The molecule has 0 saturated heterocycles. The molecule has 2 N–H and O–H groups in total. The fourth-order valence-corrected chi connectivity index (χ4v) is 3.19. The summed E-state index contributed by atoms with van der Waals surface area (Å²) in [5.41, 5.74) is 1.16. The van der Waals surface area contributed by atoms with E-state index in [0.29, 0.717) is 22.0 Å². The highest BCUT2D eigenvalue weighted by molar-refractivity contribution is 6.35. The maximum atomic E-state index is 9.85. The van der Waals surface area contributed by atoms with Gasteiger partial charge in [-0.2, -0.15) is 0 Å². The summed E-state index contributed by atoms with van der Waals surface area (Å²) in [6, 6.07) is 3.31. The molecule has 1 aromatic carbocycles. The summed E-state index contributed by atoms with van der Waals surface area (Å²) < 4.78 is 0. The molecule has 4 heteroatoms. The molecule has 0 spiro atoms. The van der Waals surface area contributed by atoms with Crippen LogP contribution in [0.15, 0.2) is 12.1 Å². The fourth-order valence-electron chi connectivity index (χ4n) is 2.66. The highest BCUT2D eigenvalue weighted by Gasteiger charge is 2.27. The monoisotopic (exact) mass is 287 g/mol. The maximum absolute atomic E-state index is 9.85. The van der Waals surface area contributed by atoms with Crippen molar-refractivity contribution >= 4 is 23.2 Å². The van der Waals surface area contributed by atoms with E-state index in [9.17, 15) is 5.11 Å². The lowest BCUT2D eigenvalue weighted by Gasteiger charge is -2.24. The van der Waals surface area contributed by atoms with Gasteiger partial charge in [0.05, 0.1) is 5.02 Å². The van der Waals surface area contributed by atoms with Crippen molar-refractivity contribution in [2.75, 3.05) is 6.54 Å². The smallest absolute Gasteiger partial charge is 0.138 e. The van der Waals surface area contributed by atoms with Crippen LogP contribution in [0, 0.1) is 5.41 Å². The van der Waals surface area contributed by atoms with Gasteiger partial charge in [-0.25, -0.2) is 0 Å². The van der Waals surface area contributed by atoms with Crippen LogP contribution in [0.4, 0.5) is 0 Å². The molecule has 0 aliphatic heterocycles. The number of phenols is 1. The zero-order valence-corrected chi connectivity index (χ0v) is 12.1. The highest BCUT2D eigenvalue weighted by Crippen LogP contribution is 2.37. The second-order valence-electron chi connectivity index (χ2n) is 5.52. The Bertz CT molecular complexity index is 428. The summed E-state index contributed by atoms with van der Waals surface area (Å²) in [6.45, 7) is 3.89. The first-order chi connectivity index (χ1) is 8.50. The summed E-state index contributed by atoms with van der Waals surface area (Å²) in [6.07, 6.45) is 5.21. The van der Waals surface area contributed by atoms with Gasteiger partial charge in [0.1, 0.15) is 5.75 Å².